The average Bonchev–Trinajstić information content (AvgIpc) is 3.49. The fourth-order valence-electron chi connectivity index (χ4n) is 5.13. The molecule has 0 N–H and O–H groups in total. The van der Waals surface area contributed by atoms with E-state index in [-0.39, 0.29) is 42.6 Å². The van der Waals surface area contributed by atoms with Gasteiger partial charge in [-0.25, -0.2) is 0 Å². The van der Waals surface area contributed by atoms with Gasteiger partial charge >= 0.3 is 0 Å². The van der Waals surface area contributed by atoms with Crippen LogP contribution in [0.3, 0.4) is 0 Å². The lowest BCUT2D eigenvalue weighted by Crippen LogP contribution is -2.48. The molecule has 2 atom stereocenters. The van der Waals surface area contributed by atoms with Crippen molar-refractivity contribution in [3.8, 4) is 0 Å². The highest BCUT2D eigenvalue weighted by Crippen LogP contribution is 2.45. The van der Waals surface area contributed by atoms with Crippen molar-refractivity contribution in [2.45, 2.75) is 82.7 Å². The van der Waals surface area contributed by atoms with Crippen molar-refractivity contribution in [3.63, 3.8) is 0 Å². The Kier molecular flexibility index (Phi) is 5.02. The van der Waals surface area contributed by atoms with Gasteiger partial charge < -0.3 is 4.90 Å². The number of nitrogens with zero attached hydrogens (tertiary/aromatic N) is 2. The Bertz CT molecular complexity index is 801. The molecular weight excluding hydrogens is 352 g/mol. The van der Waals surface area contributed by atoms with Gasteiger partial charge in [0.25, 0.3) is 0 Å². The molecule has 1 aromatic carbocycles. The Morgan fingerprint density at radius 2 is 1.89 bits per heavy atom. The molecule has 2 aliphatic heterocycles. The van der Waals surface area contributed by atoms with Crippen LogP contribution >= 0.6 is 0 Å². The lowest BCUT2D eigenvalue weighted by molar-refractivity contribution is -0.144. The monoisotopic (exact) mass is 382 g/mol. The fourth-order valence-corrected chi connectivity index (χ4v) is 5.13. The van der Waals surface area contributed by atoms with Crippen LogP contribution in [0.5, 0.6) is 0 Å². The summed E-state index contributed by atoms with van der Waals surface area (Å²) in [5.41, 5.74) is 0.771. The second kappa shape index (κ2) is 7.34. The van der Waals surface area contributed by atoms with Gasteiger partial charge in [0.05, 0.1) is 5.41 Å². The van der Waals surface area contributed by atoms with E-state index in [2.05, 4.69) is 6.92 Å². The van der Waals surface area contributed by atoms with E-state index in [9.17, 15) is 14.4 Å². The molecule has 0 aromatic heterocycles. The lowest BCUT2D eigenvalue weighted by atomic mass is 9.73. The molecule has 5 nitrogen and oxygen atoms in total. The van der Waals surface area contributed by atoms with Crippen molar-refractivity contribution in [1.82, 2.24) is 9.80 Å². The second-order valence-electron chi connectivity index (χ2n) is 8.70. The molecule has 1 aliphatic carbocycles. The number of carbonyl (C=O) groups is 3. The van der Waals surface area contributed by atoms with Crippen molar-refractivity contribution in [2.24, 2.45) is 0 Å². The fraction of sp³-hybridized carbons (Fsp3) is 0.609. The van der Waals surface area contributed by atoms with E-state index in [0.29, 0.717) is 0 Å². The van der Waals surface area contributed by atoms with Crippen LogP contribution in [0.1, 0.15) is 69.4 Å². The van der Waals surface area contributed by atoms with Gasteiger partial charge in [-0.2, -0.15) is 0 Å². The molecule has 4 rings (SSSR count). The first-order valence-electron chi connectivity index (χ1n) is 10.7. The molecule has 150 valence electrons. The number of rotatable bonds is 5. The number of piperidine rings is 1. The van der Waals surface area contributed by atoms with E-state index in [0.717, 1.165) is 56.2 Å². The van der Waals surface area contributed by atoms with Crippen molar-refractivity contribution in [1.29, 1.82) is 0 Å². The number of aryl methyl sites for hydroxylation is 1. The van der Waals surface area contributed by atoms with Crippen LogP contribution in [-0.4, -0.2) is 46.1 Å². The maximum absolute atomic E-state index is 13.6. The molecular formula is C23H30N2O3. The van der Waals surface area contributed by atoms with Crippen LogP contribution in [0.25, 0.3) is 0 Å². The van der Waals surface area contributed by atoms with E-state index in [1.54, 1.807) is 0 Å². The Morgan fingerprint density at radius 1 is 1.14 bits per heavy atom. The van der Waals surface area contributed by atoms with Gasteiger partial charge in [-0.3, -0.25) is 19.3 Å². The minimum absolute atomic E-state index is 0.0219. The molecule has 2 saturated heterocycles. The molecule has 0 radical (unpaired) electrons. The molecule has 2 heterocycles. The minimum Gasteiger partial charge on any atom is -0.340 e. The van der Waals surface area contributed by atoms with Gasteiger partial charge in [0, 0.05) is 31.5 Å². The van der Waals surface area contributed by atoms with Crippen LogP contribution in [-0.2, 0) is 19.8 Å². The summed E-state index contributed by atoms with van der Waals surface area (Å²) in [6, 6.07) is 8.03. The highest BCUT2D eigenvalue weighted by atomic mass is 16.2. The molecule has 3 aliphatic rings. The third-order valence-electron chi connectivity index (χ3n) is 6.79. The summed E-state index contributed by atoms with van der Waals surface area (Å²) in [7, 11) is 0. The number of amides is 3. The topological polar surface area (TPSA) is 57.7 Å². The molecule has 5 heteroatoms. The first kappa shape index (κ1) is 19.2. The molecule has 0 spiro atoms. The minimum atomic E-state index is -1.04. The Hall–Kier alpha value is -2.17. The van der Waals surface area contributed by atoms with Crippen LogP contribution in [0, 0.1) is 6.92 Å². The average molecular weight is 383 g/mol. The van der Waals surface area contributed by atoms with E-state index >= 15 is 0 Å². The number of benzene rings is 1. The maximum Gasteiger partial charge on any atom is 0.241 e. The quantitative estimate of drug-likeness (QED) is 0.734. The van der Waals surface area contributed by atoms with Gasteiger partial charge in [0.15, 0.2) is 0 Å². The number of imide groups is 1. The van der Waals surface area contributed by atoms with Gasteiger partial charge in [0.1, 0.15) is 0 Å². The number of likely N-dealkylation sites (tertiary alicyclic amines) is 2. The standard InChI is InChI=1S/C23H30N2O3/c1-3-17-9-6-7-13-24(17)20(26)14-23(19-10-5-4-8-16(19)2)15-21(27)25(22(23)28)18-11-12-18/h4-5,8,10,17-18H,3,6-7,9,11-15H2,1-2H3/t17-,23-/m1/s1. The third-order valence-corrected chi connectivity index (χ3v) is 6.79. The summed E-state index contributed by atoms with van der Waals surface area (Å²) in [5, 5.41) is 0. The summed E-state index contributed by atoms with van der Waals surface area (Å²) in [6.07, 6.45) is 6.12. The summed E-state index contributed by atoms with van der Waals surface area (Å²) >= 11 is 0. The van der Waals surface area contributed by atoms with Gasteiger partial charge in [-0.05, 0) is 56.6 Å². The smallest absolute Gasteiger partial charge is 0.241 e. The van der Waals surface area contributed by atoms with Crippen molar-refractivity contribution < 1.29 is 14.4 Å². The first-order chi connectivity index (χ1) is 13.5. The SMILES string of the molecule is CC[C@@H]1CCCCN1C(=O)C[C@]1(c2ccccc2C)CC(=O)N(C2CC2)C1=O. The van der Waals surface area contributed by atoms with Gasteiger partial charge in [-0.1, -0.05) is 31.2 Å². The zero-order chi connectivity index (χ0) is 19.9. The lowest BCUT2D eigenvalue weighted by Gasteiger charge is -2.38. The molecule has 0 unspecified atom stereocenters. The third kappa shape index (κ3) is 3.15. The maximum atomic E-state index is 13.6. The normalized spacial score (nSPS) is 28.1. The van der Waals surface area contributed by atoms with Crippen molar-refractivity contribution >= 4 is 17.7 Å². The zero-order valence-electron chi connectivity index (χ0n) is 16.9. The number of hydrogen-bond donors (Lipinski definition) is 0. The van der Waals surface area contributed by atoms with Crippen molar-refractivity contribution in [2.75, 3.05) is 6.54 Å². The summed E-state index contributed by atoms with van der Waals surface area (Å²) < 4.78 is 0. The molecule has 1 aromatic rings. The van der Waals surface area contributed by atoms with E-state index < -0.39 is 5.41 Å². The molecule has 3 fully saturated rings. The van der Waals surface area contributed by atoms with Crippen LogP contribution < -0.4 is 0 Å². The Morgan fingerprint density at radius 3 is 2.57 bits per heavy atom. The highest BCUT2D eigenvalue weighted by molar-refractivity contribution is 6.11. The van der Waals surface area contributed by atoms with Crippen LogP contribution in [0.4, 0.5) is 0 Å². The summed E-state index contributed by atoms with van der Waals surface area (Å²) in [4.78, 5) is 43.2. The highest BCUT2D eigenvalue weighted by Gasteiger charge is 2.57. The second-order valence-corrected chi connectivity index (χ2v) is 8.70. The molecule has 1 saturated carbocycles. The predicted octanol–water partition coefficient (Wildman–Crippen LogP) is 3.34. The molecule has 3 amide bonds. The largest absolute Gasteiger partial charge is 0.340 e. The van der Waals surface area contributed by atoms with E-state index in [1.807, 2.05) is 36.1 Å². The zero-order valence-corrected chi connectivity index (χ0v) is 16.9. The Labute approximate surface area is 167 Å². The van der Waals surface area contributed by atoms with E-state index in [4.69, 9.17) is 0 Å². The molecule has 0 bridgehead atoms. The van der Waals surface area contributed by atoms with Crippen LogP contribution in [0.2, 0.25) is 0 Å². The summed E-state index contributed by atoms with van der Waals surface area (Å²) in [6.45, 7) is 4.84. The number of carbonyl (C=O) groups excluding carboxylic acids is 3. The first-order valence-corrected chi connectivity index (χ1v) is 10.7. The summed E-state index contributed by atoms with van der Waals surface area (Å²) in [5.74, 6) is -0.254. The van der Waals surface area contributed by atoms with Crippen molar-refractivity contribution in [3.05, 3.63) is 35.4 Å². The van der Waals surface area contributed by atoms with E-state index in [1.165, 1.54) is 4.90 Å². The predicted molar refractivity (Wildman–Crippen MR) is 107 cm³/mol. The van der Waals surface area contributed by atoms with Gasteiger partial charge in [-0.15, -0.1) is 0 Å². The number of hydrogen-bond acceptors (Lipinski definition) is 3. The van der Waals surface area contributed by atoms with Gasteiger partial charge in [0.2, 0.25) is 17.7 Å². The molecule has 28 heavy (non-hydrogen) atoms. The Balaban J connectivity index is 1.70. The van der Waals surface area contributed by atoms with Crippen LogP contribution in [0.15, 0.2) is 24.3 Å².